The Morgan fingerprint density at radius 3 is 2.48 bits per heavy atom. The van der Waals surface area contributed by atoms with Crippen molar-refractivity contribution in [3.05, 3.63) is 24.3 Å². The molecule has 8 nitrogen and oxygen atoms in total. The molecule has 0 amide bonds. The molecule has 2 rings (SSSR count). The lowest BCUT2D eigenvalue weighted by atomic mass is 10.3. The summed E-state index contributed by atoms with van der Waals surface area (Å²) in [6.07, 6.45) is 1.56. The number of sulfonamides is 2. The van der Waals surface area contributed by atoms with Gasteiger partial charge < -0.3 is 5.11 Å². The van der Waals surface area contributed by atoms with E-state index in [1.165, 1.54) is 18.2 Å². The Morgan fingerprint density at radius 1 is 1.24 bits per heavy atom. The monoisotopic (exact) mass is 334 g/mol. The highest BCUT2D eigenvalue weighted by Gasteiger charge is 2.28. The van der Waals surface area contributed by atoms with Crippen LogP contribution in [0, 0.1) is 0 Å². The average molecular weight is 334 g/mol. The fraction of sp³-hybridized carbons (Fsp3) is 0.364. The number of aliphatic carboxylic acids is 1. The normalized spacial score (nSPS) is 15.6. The molecule has 0 aromatic heterocycles. The molecule has 116 valence electrons. The van der Waals surface area contributed by atoms with Gasteiger partial charge in [-0.05, 0) is 31.0 Å². The van der Waals surface area contributed by atoms with Gasteiger partial charge in [-0.1, -0.05) is 6.07 Å². The highest BCUT2D eigenvalue weighted by Crippen LogP contribution is 2.23. The molecule has 0 radical (unpaired) electrons. The van der Waals surface area contributed by atoms with Crippen molar-refractivity contribution in [1.29, 1.82) is 0 Å². The van der Waals surface area contributed by atoms with Crippen LogP contribution in [0.15, 0.2) is 29.2 Å². The number of rotatable bonds is 7. The summed E-state index contributed by atoms with van der Waals surface area (Å²) in [4.78, 5) is 10.4. The van der Waals surface area contributed by atoms with Crippen molar-refractivity contribution >= 4 is 31.7 Å². The third-order valence-electron chi connectivity index (χ3n) is 2.63. The third kappa shape index (κ3) is 4.69. The largest absolute Gasteiger partial charge is 0.480 e. The minimum Gasteiger partial charge on any atom is -0.480 e. The molecule has 0 unspecified atom stereocenters. The zero-order chi connectivity index (χ0) is 15.7. The Morgan fingerprint density at radius 2 is 1.90 bits per heavy atom. The minimum atomic E-state index is -4.07. The Hall–Kier alpha value is -1.65. The van der Waals surface area contributed by atoms with Crippen molar-refractivity contribution in [3.8, 4) is 0 Å². The van der Waals surface area contributed by atoms with Crippen molar-refractivity contribution in [1.82, 2.24) is 4.72 Å². The second-order valence-electron chi connectivity index (χ2n) is 4.68. The Balaban J connectivity index is 2.19. The standard InChI is InChI=1S/C11H14N2O6S2/c14-11(15)7-20(16,17)12-9-2-1-3-10(6-9)21(18,19)13-8-4-5-8/h1-3,6,8,12-13H,4-5,7H2,(H,14,15). The average Bonchev–Trinajstić information content (AvgIpc) is 3.10. The molecule has 0 bridgehead atoms. The number of anilines is 1. The van der Waals surface area contributed by atoms with E-state index in [1.807, 2.05) is 4.72 Å². The maximum absolute atomic E-state index is 12.0. The van der Waals surface area contributed by atoms with Gasteiger partial charge in [-0.3, -0.25) is 9.52 Å². The van der Waals surface area contributed by atoms with Crippen molar-refractivity contribution in [3.63, 3.8) is 0 Å². The van der Waals surface area contributed by atoms with Crippen LogP contribution in [0.2, 0.25) is 0 Å². The van der Waals surface area contributed by atoms with Crippen molar-refractivity contribution in [2.24, 2.45) is 0 Å². The summed E-state index contributed by atoms with van der Waals surface area (Å²) in [7, 11) is -7.77. The fourth-order valence-corrected chi connectivity index (χ4v) is 3.83. The molecule has 0 heterocycles. The molecular formula is C11H14N2O6S2. The number of carboxylic acids is 1. The van der Waals surface area contributed by atoms with Crippen LogP contribution in [0.5, 0.6) is 0 Å². The van der Waals surface area contributed by atoms with Gasteiger partial charge in [0.15, 0.2) is 5.75 Å². The Kier molecular flexibility index (Phi) is 4.21. The number of hydrogen-bond acceptors (Lipinski definition) is 5. The molecule has 0 saturated heterocycles. The Labute approximate surface area is 122 Å². The number of nitrogens with one attached hydrogen (secondary N) is 2. The van der Waals surface area contributed by atoms with Crippen molar-refractivity contribution < 1.29 is 26.7 Å². The summed E-state index contributed by atoms with van der Waals surface area (Å²) in [6.45, 7) is 0. The first-order valence-electron chi connectivity index (χ1n) is 6.03. The molecular weight excluding hydrogens is 320 g/mol. The van der Waals surface area contributed by atoms with Gasteiger partial charge in [0.1, 0.15) is 0 Å². The van der Waals surface area contributed by atoms with E-state index >= 15 is 0 Å². The van der Waals surface area contributed by atoms with Gasteiger partial charge in [0.2, 0.25) is 20.0 Å². The van der Waals surface area contributed by atoms with E-state index < -0.39 is 31.8 Å². The highest BCUT2D eigenvalue weighted by atomic mass is 32.2. The van der Waals surface area contributed by atoms with Gasteiger partial charge in [-0.25, -0.2) is 21.6 Å². The summed E-state index contributed by atoms with van der Waals surface area (Å²) in [5, 5.41) is 8.49. The maximum Gasteiger partial charge on any atom is 0.320 e. The van der Waals surface area contributed by atoms with Gasteiger partial charge in [0.25, 0.3) is 0 Å². The first-order valence-corrected chi connectivity index (χ1v) is 9.16. The molecule has 0 spiro atoms. The SMILES string of the molecule is O=C(O)CS(=O)(=O)Nc1cccc(S(=O)(=O)NC2CC2)c1. The van der Waals surface area contributed by atoms with E-state index in [0.29, 0.717) is 0 Å². The van der Waals surface area contributed by atoms with E-state index in [1.54, 1.807) is 0 Å². The lowest BCUT2D eigenvalue weighted by Gasteiger charge is -2.09. The highest BCUT2D eigenvalue weighted by molar-refractivity contribution is 7.93. The van der Waals surface area contributed by atoms with Crippen LogP contribution < -0.4 is 9.44 Å². The van der Waals surface area contributed by atoms with Crippen molar-refractivity contribution in [2.45, 2.75) is 23.8 Å². The fourth-order valence-electron chi connectivity index (χ4n) is 1.59. The van der Waals surface area contributed by atoms with E-state index in [-0.39, 0.29) is 16.6 Å². The summed E-state index contributed by atoms with van der Waals surface area (Å²) >= 11 is 0. The number of carboxylic acid groups (broad SMARTS) is 1. The molecule has 10 heteroatoms. The van der Waals surface area contributed by atoms with Gasteiger partial charge in [-0.2, -0.15) is 0 Å². The zero-order valence-electron chi connectivity index (χ0n) is 10.8. The van der Waals surface area contributed by atoms with E-state index in [9.17, 15) is 21.6 Å². The van der Waals surface area contributed by atoms with E-state index in [4.69, 9.17) is 5.11 Å². The predicted octanol–water partition coefficient (Wildman–Crippen LogP) is -0.0464. The summed E-state index contributed by atoms with van der Waals surface area (Å²) in [5.41, 5.74) is -0.00470. The smallest absolute Gasteiger partial charge is 0.320 e. The number of hydrogen-bond donors (Lipinski definition) is 3. The molecule has 1 aromatic carbocycles. The Bertz CT molecular complexity index is 753. The second-order valence-corrected chi connectivity index (χ2v) is 8.11. The van der Waals surface area contributed by atoms with E-state index in [0.717, 1.165) is 18.9 Å². The number of carbonyl (C=O) groups is 1. The van der Waals surface area contributed by atoms with E-state index in [2.05, 4.69) is 4.72 Å². The first-order chi connectivity index (χ1) is 9.68. The maximum atomic E-state index is 12.0. The number of benzene rings is 1. The van der Waals surface area contributed by atoms with Gasteiger partial charge >= 0.3 is 5.97 Å². The van der Waals surface area contributed by atoms with Crippen LogP contribution in [0.25, 0.3) is 0 Å². The first kappa shape index (κ1) is 15.7. The van der Waals surface area contributed by atoms with Gasteiger partial charge in [0.05, 0.1) is 4.90 Å². The zero-order valence-corrected chi connectivity index (χ0v) is 12.4. The summed E-state index contributed by atoms with van der Waals surface area (Å²) < 4.78 is 51.5. The van der Waals surface area contributed by atoms with Crippen LogP contribution in [-0.2, 0) is 24.8 Å². The summed E-state index contributed by atoms with van der Waals surface area (Å²) in [5.74, 6) is -2.59. The third-order valence-corrected chi connectivity index (χ3v) is 5.32. The quantitative estimate of drug-likeness (QED) is 0.641. The molecule has 0 atom stereocenters. The molecule has 0 aliphatic heterocycles. The minimum absolute atomic E-state index is 0.00470. The topological polar surface area (TPSA) is 130 Å². The lowest BCUT2D eigenvalue weighted by Crippen LogP contribution is -2.26. The van der Waals surface area contributed by atoms with Gasteiger partial charge in [0, 0.05) is 11.7 Å². The van der Waals surface area contributed by atoms with Crippen LogP contribution in [0.1, 0.15) is 12.8 Å². The second kappa shape index (κ2) is 5.62. The van der Waals surface area contributed by atoms with Crippen LogP contribution >= 0.6 is 0 Å². The molecule has 1 aromatic rings. The molecule has 3 N–H and O–H groups in total. The van der Waals surface area contributed by atoms with Gasteiger partial charge in [-0.15, -0.1) is 0 Å². The predicted molar refractivity (Wildman–Crippen MR) is 74.8 cm³/mol. The molecule has 1 aliphatic rings. The van der Waals surface area contributed by atoms with Crippen LogP contribution in [0.4, 0.5) is 5.69 Å². The van der Waals surface area contributed by atoms with Crippen molar-refractivity contribution in [2.75, 3.05) is 10.5 Å². The molecule has 1 aliphatic carbocycles. The molecule has 1 saturated carbocycles. The summed E-state index contributed by atoms with van der Waals surface area (Å²) in [6, 6.07) is 5.13. The lowest BCUT2D eigenvalue weighted by molar-refractivity contribution is -0.134. The van der Waals surface area contributed by atoms with Crippen LogP contribution in [-0.4, -0.2) is 39.7 Å². The molecule has 1 fully saturated rings. The molecule has 21 heavy (non-hydrogen) atoms. The van der Waals surface area contributed by atoms with Crippen LogP contribution in [0.3, 0.4) is 0 Å².